The maximum absolute atomic E-state index is 13.5. The minimum atomic E-state index is -5.08. The van der Waals surface area contributed by atoms with Crippen LogP contribution in [0, 0.1) is 17.3 Å². The highest BCUT2D eigenvalue weighted by atomic mass is 19.4. The summed E-state index contributed by atoms with van der Waals surface area (Å²) in [6.45, 7) is 5.17. The number of aliphatic carboxylic acids is 2. The van der Waals surface area contributed by atoms with Gasteiger partial charge in [0, 0.05) is 69.8 Å². The van der Waals surface area contributed by atoms with Gasteiger partial charge in [-0.15, -0.1) is 0 Å². The van der Waals surface area contributed by atoms with Crippen LogP contribution in [0.2, 0.25) is 0 Å². The van der Waals surface area contributed by atoms with Gasteiger partial charge in [0.1, 0.15) is 0 Å². The largest absolute Gasteiger partial charge is 0.490 e. The Morgan fingerprint density at radius 3 is 2.11 bits per heavy atom. The Labute approximate surface area is 248 Å². The molecular weight excluding hydrogens is 604 g/mol. The average Bonchev–Trinajstić information content (AvgIpc) is 3.62. The van der Waals surface area contributed by atoms with E-state index in [0.717, 1.165) is 51.5 Å². The van der Waals surface area contributed by atoms with Crippen LogP contribution in [-0.2, 0) is 28.0 Å². The molecule has 3 N–H and O–H groups in total. The van der Waals surface area contributed by atoms with Gasteiger partial charge in [0.05, 0.1) is 11.6 Å². The first-order valence-corrected chi connectivity index (χ1v) is 13.6. The number of amides is 1. The van der Waals surface area contributed by atoms with E-state index in [1.165, 1.54) is 18.4 Å². The number of likely N-dealkylation sites (tertiary alicyclic amines) is 1. The molecule has 44 heavy (non-hydrogen) atoms. The molecule has 0 unspecified atom stereocenters. The Bertz CT molecular complexity index is 1250. The Kier molecular flexibility index (Phi) is 11.2. The van der Waals surface area contributed by atoms with Crippen LogP contribution in [0.15, 0.2) is 30.9 Å². The molecular formula is C26H33F6N7O5. The fraction of sp³-hybridized carbons (Fsp3) is 0.615. The van der Waals surface area contributed by atoms with Crippen molar-refractivity contribution in [2.24, 2.45) is 24.3 Å². The molecule has 244 valence electrons. The number of carboxylic acid groups (broad SMARTS) is 2. The fourth-order valence-electron chi connectivity index (χ4n) is 5.18. The highest BCUT2D eigenvalue weighted by Crippen LogP contribution is 2.44. The molecule has 2 atom stereocenters. The van der Waals surface area contributed by atoms with E-state index < -0.39 is 24.3 Å². The lowest BCUT2D eigenvalue weighted by atomic mass is 9.74. The van der Waals surface area contributed by atoms with Gasteiger partial charge >= 0.3 is 24.3 Å². The Hall–Kier alpha value is -3.96. The smallest absolute Gasteiger partial charge is 0.475 e. The third-order valence-electron chi connectivity index (χ3n) is 7.46. The van der Waals surface area contributed by atoms with Crippen molar-refractivity contribution in [3.05, 3.63) is 36.4 Å². The van der Waals surface area contributed by atoms with Crippen molar-refractivity contribution in [3.8, 4) is 0 Å². The van der Waals surface area contributed by atoms with Gasteiger partial charge in [0.15, 0.2) is 0 Å². The number of carboxylic acids is 2. The summed E-state index contributed by atoms with van der Waals surface area (Å²) in [6.07, 6.45) is 1.87. The summed E-state index contributed by atoms with van der Waals surface area (Å²) >= 11 is 0. The monoisotopic (exact) mass is 637 g/mol. The van der Waals surface area contributed by atoms with E-state index in [2.05, 4.69) is 36.4 Å². The lowest BCUT2D eigenvalue weighted by Gasteiger charge is -2.32. The molecule has 0 radical (unpaired) electrons. The predicted molar refractivity (Wildman–Crippen MR) is 141 cm³/mol. The zero-order valence-corrected chi connectivity index (χ0v) is 23.7. The van der Waals surface area contributed by atoms with Crippen LogP contribution in [0.25, 0.3) is 0 Å². The first-order chi connectivity index (χ1) is 20.5. The molecule has 0 aromatic carbocycles. The molecule has 1 saturated carbocycles. The average molecular weight is 638 g/mol. The summed E-state index contributed by atoms with van der Waals surface area (Å²) < 4.78 is 65.3. The molecule has 3 fully saturated rings. The Morgan fingerprint density at radius 2 is 1.61 bits per heavy atom. The van der Waals surface area contributed by atoms with Crippen LogP contribution in [-0.4, -0.2) is 97.8 Å². The normalized spacial score (nSPS) is 22.0. The summed E-state index contributed by atoms with van der Waals surface area (Å²) in [4.78, 5) is 45.0. The fourth-order valence-corrected chi connectivity index (χ4v) is 5.18. The summed E-state index contributed by atoms with van der Waals surface area (Å²) in [5.41, 5.74) is 0.863. The van der Waals surface area contributed by atoms with E-state index in [0.29, 0.717) is 12.5 Å². The molecule has 2 aromatic rings. The van der Waals surface area contributed by atoms with Crippen LogP contribution in [0.1, 0.15) is 31.2 Å². The van der Waals surface area contributed by atoms with Crippen LogP contribution in [0.5, 0.6) is 0 Å². The second kappa shape index (κ2) is 14.2. The summed E-state index contributed by atoms with van der Waals surface area (Å²) in [6, 6.07) is 1.84. The molecule has 2 aliphatic heterocycles. The van der Waals surface area contributed by atoms with Gasteiger partial charge in [-0.05, 0) is 44.2 Å². The van der Waals surface area contributed by atoms with Crippen molar-refractivity contribution in [1.29, 1.82) is 0 Å². The zero-order valence-electron chi connectivity index (χ0n) is 23.7. The first kappa shape index (κ1) is 34.5. The number of anilines is 1. The van der Waals surface area contributed by atoms with Crippen LogP contribution in [0.3, 0.4) is 0 Å². The number of nitrogens with one attached hydrogen (secondary N) is 1. The summed E-state index contributed by atoms with van der Waals surface area (Å²) in [5, 5.41) is 21.9. The number of aromatic nitrogens is 4. The van der Waals surface area contributed by atoms with Crippen molar-refractivity contribution in [1.82, 2.24) is 30.0 Å². The number of hydrogen-bond acceptors (Lipinski definition) is 8. The molecule has 3 aliphatic rings. The molecule has 4 heterocycles. The number of halogens is 6. The number of aryl methyl sites for hydroxylation is 1. The Balaban J connectivity index is 0.000000317. The van der Waals surface area contributed by atoms with Crippen molar-refractivity contribution in [2.75, 3.05) is 37.6 Å². The maximum Gasteiger partial charge on any atom is 0.490 e. The zero-order chi connectivity index (χ0) is 32.7. The van der Waals surface area contributed by atoms with E-state index in [1.54, 1.807) is 12.4 Å². The number of carbonyl (C=O) groups is 3. The van der Waals surface area contributed by atoms with E-state index in [1.807, 2.05) is 24.0 Å². The van der Waals surface area contributed by atoms with E-state index in [4.69, 9.17) is 19.8 Å². The second-order valence-electron chi connectivity index (χ2n) is 10.9. The third kappa shape index (κ3) is 9.78. The van der Waals surface area contributed by atoms with E-state index >= 15 is 0 Å². The molecule has 1 amide bonds. The van der Waals surface area contributed by atoms with Gasteiger partial charge in [-0.2, -0.15) is 31.4 Å². The number of nitrogens with zero attached hydrogens (tertiary/aromatic N) is 6. The number of fused-ring (bicyclic) bond motifs is 1. The highest BCUT2D eigenvalue weighted by molar-refractivity contribution is 5.84. The number of alkyl halides is 6. The SMILES string of the molecule is Cn1cc(CN2CCC[C@@]3(C(=O)NCC4CC4)CN(c4ncccn4)C[C@@H]3C2)cn1.O=C(O)C(F)(F)F.O=C(O)C(F)(F)F. The summed E-state index contributed by atoms with van der Waals surface area (Å²) in [7, 11) is 1.95. The number of rotatable bonds is 6. The van der Waals surface area contributed by atoms with Gasteiger partial charge in [0.2, 0.25) is 11.9 Å². The summed E-state index contributed by atoms with van der Waals surface area (Å²) in [5.74, 6) is -3.59. The molecule has 5 rings (SSSR count). The van der Waals surface area contributed by atoms with Crippen molar-refractivity contribution < 1.29 is 50.9 Å². The molecule has 12 nitrogen and oxygen atoms in total. The topological polar surface area (TPSA) is 154 Å². The Morgan fingerprint density at radius 1 is 1.02 bits per heavy atom. The molecule has 1 aliphatic carbocycles. The quantitative estimate of drug-likeness (QED) is 0.403. The van der Waals surface area contributed by atoms with Crippen molar-refractivity contribution in [3.63, 3.8) is 0 Å². The third-order valence-corrected chi connectivity index (χ3v) is 7.46. The molecule has 2 aromatic heterocycles. The lowest BCUT2D eigenvalue weighted by Crippen LogP contribution is -2.48. The van der Waals surface area contributed by atoms with E-state index in [9.17, 15) is 31.1 Å². The first-order valence-electron chi connectivity index (χ1n) is 13.6. The van der Waals surface area contributed by atoms with Gasteiger partial charge in [-0.3, -0.25) is 14.4 Å². The molecule has 18 heteroatoms. The molecule has 2 saturated heterocycles. The highest BCUT2D eigenvalue weighted by Gasteiger charge is 2.53. The maximum atomic E-state index is 13.5. The van der Waals surface area contributed by atoms with Crippen LogP contribution < -0.4 is 10.2 Å². The molecule has 0 bridgehead atoms. The van der Waals surface area contributed by atoms with Gasteiger partial charge in [-0.1, -0.05) is 0 Å². The lowest BCUT2D eigenvalue weighted by molar-refractivity contribution is -0.193. The molecule has 0 spiro atoms. The van der Waals surface area contributed by atoms with Gasteiger partial charge in [-0.25, -0.2) is 19.6 Å². The van der Waals surface area contributed by atoms with Gasteiger partial charge < -0.3 is 20.4 Å². The van der Waals surface area contributed by atoms with Crippen LogP contribution >= 0.6 is 0 Å². The standard InChI is InChI=1S/C22H31N7O.2C2HF3O2/c1-27-12-18(11-26-27)13-28-9-2-6-22(20(30)25-10-17-4-5-17)16-29(15-19(22)14-28)21-23-7-3-8-24-21;2*3-2(4,5)1(6)7/h3,7-8,11-12,17,19H,2,4-6,9-10,13-16H2,1H3,(H,25,30);2*(H,6,7)/t19-,22+;;/m0../s1. The minimum Gasteiger partial charge on any atom is -0.475 e. The number of hydrogen-bond donors (Lipinski definition) is 3. The second-order valence-corrected chi connectivity index (χ2v) is 10.9. The minimum absolute atomic E-state index is 0.237. The number of carbonyl (C=O) groups excluding carboxylic acids is 1. The van der Waals surface area contributed by atoms with Crippen molar-refractivity contribution in [2.45, 2.75) is 44.6 Å². The van der Waals surface area contributed by atoms with E-state index in [-0.39, 0.29) is 17.2 Å². The van der Waals surface area contributed by atoms with Gasteiger partial charge in [0.25, 0.3) is 0 Å². The predicted octanol–water partition coefficient (Wildman–Crippen LogP) is 2.72. The van der Waals surface area contributed by atoms with Crippen molar-refractivity contribution >= 4 is 23.8 Å². The van der Waals surface area contributed by atoms with Crippen LogP contribution in [0.4, 0.5) is 32.3 Å².